The van der Waals surface area contributed by atoms with Crippen molar-refractivity contribution in [3.05, 3.63) is 71.8 Å². The lowest BCUT2D eigenvalue weighted by atomic mass is 10.1. The summed E-state index contributed by atoms with van der Waals surface area (Å²) < 4.78 is 21.7. The van der Waals surface area contributed by atoms with Crippen molar-refractivity contribution in [2.45, 2.75) is 45.8 Å². The smallest absolute Gasteiger partial charge is 0.263 e. The van der Waals surface area contributed by atoms with Crippen molar-refractivity contribution in [1.29, 1.82) is 0 Å². The van der Waals surface area contributed by atoms with Crippen molar-refractivity contribution in [3.63, 3.8) is 0 Å². The predicted molar refractivity (Wildman–Crippen MR) is 123 cm³/mol. The van der Waals surface area contributed by atoms with E-state index in [9.17, 15) is 14.0 Å². The standard InChI is InChI=1S/C25H27FN4O3/c1-4-17(5-2)28-24(31)23-15-29(21-12-8-9-13-22(21)33-23)25(32)18-14-27-30(16(18)3)20-11-7-6-10-19(20)26/h6-14,17,23H,4-5,15H2,1-3H3,(H,28,31). The molecule has 4 rings (SSSR count). The highest BCUT2D eigenvalue weighted by Crippen LogP contribution is 2.34. The van der Waals surface area contributed by atoms with Crippen molar-refractivity contribution in [2.75, 3.05) is 11.4 Å². The van der Waals surface area contributed by atoms with Crippen LogP contribution in [0.5, 0.6) is 5.75 Å². The molecule has 1 atom stereocenters. The second-order valence-electron chi connectivity index (χ2n) is 8.02. The number of anilines is 1. The molecule has 7 nitrogen and oxygen atoms in total. The number of carbonyl (C=O) groups is 2. The molecule has 2 aromatic carbocycles. The lowest BCUT2D eigenvalue weighted by molar-refractivity contribution is -0.128. The van der Waals surface area contributed by atoms with Crippen molar-refractivity contribution < 1.29 is 18.7 Å². The van der Waals surface area contributed by atoms with Crippen LogP contribution in [0.2, 0.25) is 0 Å². The molecular formula is C25H27FN4O3. The first-order valence-electron chi connectivity index (χ1n) is 11.1. The first kappa shape index (κ1) is 22.5. The number of nitrogens with one attached hydrogen (secondary N) is 1. The third-order valence-corrected chi connectivity index (χ3v) is 5.96. The van der Waals surface area contributed by atoms with Gasteiger partial charge in [0.25, 0.3) is 11.8 Å². The molecular weight excluding hydrogens is 423 g/mol. The van der Waals surface area contributed by atoms with Gasteiger partial charge in [0.2, 0.25) is 0 Å². The molecule has 3 aromatic rings. The van der Waals surface area contributed by atoms with E-state index in [0.717, 1.165) is 12.8 Å². The molecule has 33 heavy (non-hydrogen) atoms. The minimum Gasteiger partial charge on any atom is -0.477 e. The van der Waals surface area contributed by atoms with Crippen molar-refractivity contribution in [2.24, 2.45) is 0 Å². The number of benzene rings is 2. The van der Waals surface area contributed by atoms with Crippen molar-refractivity contribution >= 4 is 17.5 Å². The summed E-state index contributed by atoms with van der Waals surface area (Å²) >= 11 is 0. The zero-order valence-corrected chi connectivity index (χ0v) is 18.9. The predicted octanol–water partition coefficient (Wildman–Crippen LogP) is 4.03. The van der Waals surface area contributed by atoms with E-state index in [1.54, 1.807) is 43.3 Å². The van der Waals surface area contributed by atoms with Crippen LogP contribution in [0, 0.1) is 12.7 Å². The lowest BCUT2D eigenvalue weighted by Gasteiger charge is -2.34. The van der Waals surface area contributed by atoms with Gasteiger partial charge in [0.1, 0.15) is 17.3 Å². The molecule has 1 unspecified atom stereocenters. The Bertz CT molecular complexity index is 1170. The summed E-state index contributed by atoms with van der Waals surface area (Å²) in [6.07, 6.45) is 2.21. The fourth-order valence-electron chi connectivity index (χ4n) is 3.98. The topological polar surface area (TPSA) is 76.5 Å². The van der Waals surface area contributed by atoms with E-state index in [2.05, 4.69) is 10.4 Å². The molecule has 2 heterocycles. The molecule has 1 aliphatic heterocycles. The molecule has 2 amide bonds. The first-order valence-corrected chi connectivity index (χ1v) is 11.1. The summed E-state index contributed by atoms with van der Waals surface area (Å²) in [6, 6.07) is 13.4. The van der Waals surface area contributed by atoms with Gasteiger partial charge in [-0.1, -0.05) is 38.1 Å². The molecule has 1 N–H and O–H groups in total. The second kappa shape index (κ2) is 9.44. The Balaban J connectivity index is 1.66. The van der Waals surface area contributed by atoms with Gasteiger partial charge in [-0.3, -0.25) is 9.59 Å². The average molecular weight is 451 g/mol. The van der Waals surface area contributed by atoms with E-state index in [-0.39, 0.29) is 30.1 Å². The van der Waals surface area contributed by atoms with Gasteiger partial charge in [0, 0.05) is 6.04 Å². The van der Waals surface area contributed by atoms with Crippen LogP contribution in [0.1, 0.15) is 42.7 Å². The maximum absolute atomic E-state index is 14.3. The fourth-order valence-corrected chi connectivity index (χ4v) is 3.98. The van der Waals surface area contributed by atoms with Crippen LogP contribution in [0.25, 0.3) is 5.69 Å². The summed E-state index contributed by atoms with van der Waals surface area (Å²) in [7, 11) is 0. The molecule has 0 aliphatic carbocycles. The Morgan fingerprint density at radius 3 is 2.48 bits per heavy atom. The van der Waals surface area contributed by atoms with Crippen LogP contribution in [0.3, 0.4) is 0 Å². The number of halogens is 1. The number of fused-ring (bicyclic) bond motifs is 1. The summed E-state index contributed by atoms with van der Waals surface area (Å²) in [4.78, 5) is 28.0. The maximum Gasteiger partial charge on any atom is 0.263 e. The third kappa shape index (κ3) is 4.33. The minimum atomic E-state index is -0.841. The Morgan fingerprint density at radius 1 is 1.12 bits per heavy atom. The fraction of sp³-hybridized carbons (Fsp3) is 0.320. The summed E-state index contributed by atoms with van der Waals surface area (Å²) in [5.41, 5.74) is 1.67. The summed E-state index contributed by atoms with van der Waals surface area (Å²) in [6.45, 7) is 5.80. The molecule has 0 fully saturated rings. The van der Waals surface area contributed by atoms with Crippen LogP contribution < -0.4 is 15.0 Å². The largest absolute Gasteiger partial charge is 0.477 e. The van der Waals surface area contributed by atoms with Crippen LogP contribution >= 0.6 is 0 Å². The van der Waals surface area contributed by atoms with Gasteiger partial charge in [-0.2, -0.15) is 5.10 Å². The van der Waals surface area contributed by atoms with Gasteiger partial charge < -0.3 is 15.0 Å². The molecule has 8 heteroatoms. The number of hydrogen-bond donors (Lipinski definition) is 1. The van der Waals surface area contributed by atoms with Crippen molar-refractivity contribution in [3.8, 4) is 11.4 Å². The molecule has 0 radical (unpaired) electrons. The number of hydrogen-bond acceptors (Lipinski definition) is 4. The SMILES string of the molecule is CCC(CC)NC(=O)C1CN(C(=O)c2cnn(-c3ccccc3F)c2C)c2ccccc2O1. The van der Waals surface area contributed by atoms with Crippen molar-refractivity contribution in [1.82, 2.24) is 15.1 Å². The Hall–Kier alpha value is -3.68. The molecule has 1 aromatic heterocycles. The van der Waals surface area contributed by atoms with E-state index in [1.165, 1.54) is 21.8 Å². The Kier molecular flexibility index (Phi) is 6.44. The number of rotatable bonds is 6. The number of nitrogens with zero attached hydrogens (tertiary/aromatic N) is 3. The molecule has 0 saturated heterocycles. The average Bonchev–Trinajstić information content (AvgIpc) is 3.22. The van der Waals surface area contributed by atoms with Crippen LogP contribution in [0.15, 0.2) is 54.7 Å². The van der Waals surface area contributed by atoms with Gasteiger partial charge >= 0.3 is 0 Å². The number of carbonyl (C=O) groups excluding carboxylic acids is 2. The van der Waals surface area contributed by atoms with Gasteiger partial charge in [0.15, 0.2) is 6.10 Å². The van der Waals surface area contributed by atoms with Gasteiger partial charge in [-0.25, -0.2) is 9.07 Å². The summed E-state index contributed by atoms with van der Waals surface area (Å²) in [5, 5.41) is 7.25. The number of ether oxygens (including phenoxy) is 1. The maximum atomic E-state index is 14.3. The van der Waals surface area contributed by atoms with Gasteiger partial charge in [-0.15, -0.1) is 0 Å². The highest BCUT2D eigenvalue weighted by Gasteiger charge is 2.35. The van der Waals surface area contributed by atoms with E-state index >= 15 is 0 Å². The zero-order chi connectivity index (χ0) is 23.5. The monoisotopic (exact) mass is 450 g/mol. The normalized spacial score (nSPS) is 15.2. The highest BCUT2D eigenvalue weighted by atomic mass is 19.1. The minimum absolute atomic E-state index is 0.0451. The van der Waals surface area contributed by atoms with Crippen LogP contribution in [0.4, 0.5) is 10.1 Å². The zero-order valence-electron chi connectivity index (χ0n) is 18.9. The van der Waals surface area contributed by atoms with Gasteiger partial charge in [-0.05, 0) is 44.0 Å². The highest BCUT2D eigenvalue weighted by molar-refractivity contribution is 6.08. The van der Waals surface area contributed by atoms with Gasteiger partial charge in [0.05, 0.1) is 29.7 Å². The molecule has 1 aliphatic rings. The van der Waals surface area contributed by atoms with Crippen LogP contribution in [-0.4, -0.2) is 40.3 Å². The summed E-state index contributed by atoms with van der Waals surface area (Å²) in [5.74, 6) is -0.556. The van der Waals surface area contributed by atoms with E-state index in [0.29, 0.717) is 22.7 Å². The first-order chi connectivity index (χ1) is 15.9. The second-order valence-corrected chi connectivity index (χ2v) is 8.02. The number of para-hydroxylation sites is 3. The number of aromatic nitrogens is 2. The third-order valence-electron chi connectivity index (χ3n) is 5.96. The molecule has 0 saturated carbocycles. The lowest BCUT2D eigenvalue weighted by Crippen LogP contribution is -2.52. The molecule has 0 bridgehead atoms. The Labute approximate surface area is 192 Å². The molecule has 0 spiro atoms. The van der Waals surface area contributed by atoms with E-state index in [1.807, 2.05) is 19.9 Å². The van der Waals surface area contributed by atoms with Crippen LogP contribution in [-0.2, 0) is 4.79 Å². The van der Waals surface area contributed by atoms with E-state index in [4.69, 9.17) is 4.74 Å². The number of amides is 2. The quantitative estimate of drug-likeness (QED) is 0.615. The Morgan fingerprint density at radius 2 is 1.79 bits per heavy atom. The molecule has 172 valence electrons. The van der Waals surface area contributed by atoms with E-state index < -0.39 is 11.9 Å².